The van der Waals surface area contributed by atoms with Crippen LogP contribution in [-0.2, 0) is 11.2 Å². The number of carbonyl (C=O) groups is 1. The van der Waals surface area contributed by atoms with E-state index in [2.05, 4.69) is 38.7 Å². The van der Waals surface area contributed by atoms with Crippen molar-refractivity contribution >= 4 is 39.7 Å². The van der Waals surface area contributed by atoms with Crippen molar-refractivity contribution in [3.05, 3.63) is 46.8 Å². The van der Waals surface area contributed by atoms with Crippen molar-refractivity contribution in [1.29, 1.82) is 5.26 Å². The lowest BCUT2D eigenvalue weighted by atomic mass is 9.94. The number of benzene rings is 1. The summed E-state index contributed by atoms with van der Waals surface area (Å²) in [4.78, 5) is 19.1. The average Bonchev–Trinajstić information content (AvgIpc) is 3.52. The van der Waals surface area contributed by atoms with Gasteiger partial charge in [-0.15, -0.1) is 0 Å². The minimum atomic E-state index is -0.474. The van der Waals surface area contributed by atoms with E-state index in [0.29, 0.717) is 28.0 Å². The maximum absolute atomic E-state index is 13.2. The van der Waals surface area contributed by atoms with Crippen molar-refractivity contribution in [3.8, 4) is 17.9 Å². The first-order valence-electron chi connectivity index (χ1n) is 10.0. The maximum Gasteiger partial charge on any atom is 0.257 e. The number of hydrogen-bond acceptors (Lipinski definition) is 8. The predicted molar refractivity (Wildman–Crippen MR) is 125 cm³/mol. The van der Waals surface area contributed by atoms with Crippen LogP contribution in [-0.4, -0.2) is 40.8 Å². The van der Waals surface area contributed by atoms with Gasteiger partial charge >= 0.3 is 0 Å². The largest absolute Gasteiger partial charge is 0.497 e. The van der Waals surface area contributed by atoms with Crippen LogP contribution >= 0.6 is 23.4 Å². The molecule has 1 aromatic rings. The second kappa shape index (κ2) is 9.56. The Morgan fingerprint density at radius 3 is 2.97 bits per heavy atom. The number of thioether (sulfide) groups is 1. The fraction of sp³-hybridized carbons (Fsp3) is 0.364. The Balaban J connectivity index is 1.59. The molecular formula is C22H21ClN6O2S. The number of halogens is 1. The van der Waals surface area contributed by atoms with Gasteiger partial charge in [0.05, 0.1) is 25.8 Å². The minimum Gasteiger partial charge on any atom is -0.497 e. The summed E-state index contributed by atoms with van der Waals surface area (Å²) in [6.07, 6.45) is 4.06. The van der Waals surface area contributed by atoms with Gasteiger partial charge in [0.2, 0.25) is 0 Å². The number of nitriles is 1. The zero-order valence-corrected chi connectivity index (χ0v) is 19.1. The zero-order valence-electron chi connectivity index (χ0n) is 17.6. The van der Waals surface area contributed by atoms with Crippen LogP contribution < -0.4 is 10.7 Å². The van der Waals surface area contributed by atoms with E-state index >= 15 is 0 Å². The number of amidine groups is 2. The number of amides is 1. The number of nitrogens with zero attached hydrogens (tertiary/aromatic N) is 4. The highest BCUT2D eigenvalue weighted by molar-refractivity contribution is 8.14. The van der Waals surface area contributed by atoms with Gasteiger partial charge in [-0.25, -0.2) is 4.99 Å². The Bertz CT molecular complexity index is 1130. The lowest BCUT2D eigenvalue weighted by molar-refractivity contribution is 0.0975. The number of ether oxygens (including phenoxy) is 1. The van der Waals surface area contributed by atoms with Gasteiger partial charge < -0.3 is 9.64 Å². The second-order valence-corrected chi connectivity index (χ2v) is 8.90. The minimum absolute atomic E-state index is 0.175. The molecule has 1 fully saturated rings. The van der Waals surface area contributed by atoms with Crippen molar-refractivity contribution < 1.29 is 9.53 Å². The molecule has 2 N–H and O–H groups in total. The molecule has 0 saturated heterocycles. The molecule has 164 valence electrons. The summed E-state index contributed by atoms with van der Waals surface area (Å²) in [5.41, 5.74) is 4.80. The molecular weight excluding hydrogens is 448 g/mol. The summed E-state index contributed by atoms with van der Waals surface area (Å²) >= 11 is 7.62. The molecule has 0 aromatic heterocycles. The van der Waals surface area contributed by atoms with Gasteiger partial charge in [-0.1, -0.05) is 24.0 Å². The Morgan fingerprint density at radius 1 is 1.44 bits per heavy atom. The summed E-state index contributed by atoms with van der Waals surface area (Å²) in [5, 5.41) is 16.7. The Labute approximate surface area is 195 Å². The van der Waals surface area contributed by atoms with Gasteiger partial charge in [0.15, 0.2) is 15.8 Å². The summed E-state index contributed by atoms with van der Waals surface area (Å²) in [6, 6.07) is 6.97. The summed E-state index contributed by atoms with van der Waals surface area (Å²) in [5.74, 6) is 7.05. The quantitative estimate of drug-likeness (QED) is 0.520. The zero-order chi connectivity index (χ0) is 22.7. The first-order chi connectivity index (χ1) is 15.5. The summed E-state index contributed by atoms with van der Waals surface area (Å²) in [7, 11) is 3.31. The van der Waals surface area contributed by atoms with Gasteiger partial charge in [-0.2, -0.15) is 10.4 Å². The van der Waals surface area contributed by atoms with Crippen LogP contribution in [0.25, 0.3) is 0 Å². The molecule has 1 aromatic carbocycles. The van der Waals surface area contributed by atoms with Crippen molar-refractivity contribution in [2.24, 2.45) is 16.0 Å². The average molecular weight is 469 g/mol. The lowest BCUT2D eigenvalue weighted by Gasteiger charge is -2.33. The number of hydrazone groups is 1. The van der Waals surface area contributed by atoms with Gasteiger partial charge in [0.25, 0.3) is 5.91 Å². The van der Waals surface area contributed by atoms with Crippen molar-refractivity contribution in [3.63, 3.8) is 0 Å². The predicted octanol–water partition coefficient (Wildman–Crippen LogP) is 2.90. The van der Waals surface area contributed by atoms with E-state index in [4.69, 9.17) is 21.6 Å². The van der Waals surface area contributed by atoms with Gasteiger partial charge in [0.1, 0.15) is 11.8 Å². The third-order valence-corrected chi connectivity index (χ3v) is 6.39. The number of hydrogen-bond donors (Lipinski definition) is 2. The summed E-state index contributed by atoms with van der Waals surface area (Å²) < 4.78 is 5.51. The molecule has 1 amide bonds. The molecule has 1 saturated carbocycles. The number of nitrogens with one attached hydrogen (secondary N) is 2. The molecule has 2 heterocycles. The number of aliphatic imine (C=N–C) groups is 1. The first-order valence-corrected chi connectivity index (χ1v) is 11.3. The normalized spacial score (nSPS) is 21.8. The standard InChI is InChI=1S/C22H21ClN6O2S/c1-29-19(17(31-2)12-25-21(29)23)16-11-14(9-10-24)5-7-15(16)20(30)26-22-28-27-18(32-22)8-6-13-3-4-13/h5,7,11-13,18-19,27H,3-4,9H2,1-2H3,(H,26,28,30). The van der Waals surface area contributed by atoms with Gasteiger partial charge in [-0.05, 0) is 53.4 Å². The monoisotopic (exact) mass is 468 g/mol. The van der Waals surface area contributed by atoms with E-state index in [9.17, 15) is 4.79 Å². The number of carbonyl (C=O) groups excluding carboxylic acids is 1. The van der Waals surface area contributed by atoms with Crippen LogP contribution in [0.4, 0.5) is 0 Å². The topological polar surface area (TPSA) is 102 Å². The number of methoxy groups -OCH3 is 1. The smallest absolute Gasteiger partial charge is 0.257 e. The molecule has 8 nitrogen and oxygen atoms in total. The van der Waals surface area contributed by atoms with Crippen LogP contribution in [0.15, 0.2) is 40.3 Å². The molecule has 4 rings (SSSR count). The molecule has 2 atom stereocenters. The second-order valence-electron chi connectivity index (χ2n) is 7.46. The van der Waals surface area contributed by atoms with E-state index in [-0.39, 0.29) is 23.0 Å². The Morgan fingerprint density at radius 2 is 2.25 bits per heavy atom. The summed E-state index contributed by atoms with van der Waals surface area (Å²) in [6.45, 7) is 0. The highest BCUT2D eigenvalue weighted by Crippen LogP contribution is 2.35. The SMILES string of the molecule is COC1=CN=C(Cl)N(C)C1c1cc(CC#N)ccc1C(=O)NC1=NNC(C#CC2CC2)S1. The van der Waals surface area contributed by atoms with Crippen LogP contribution in [0.5, 0.6) is 0 Å². The molecule has 32 heavy (non-hydrogen) atoms. The third kappa shape index (κ3) is 4.85. The van der Waals surface area contributed by atoms with Gasteiger partial charge in [0, 0.05) is 18.5 Å². The fourth-order valence-corrected chi connectivity index (χ4v) is 4.19. The van der Waals surface area contributed by atoms with Gasteiger partial charge in [-0.3, -0.25) is 15.5 Å². The van der Waals surface area contributed by atoms with Crippen LogP contribution in [0.1, 0.15) is 40.4 Å². The third-order valence-electron chi connectivity index (χ3n) is 5.15. The lowest BCUT2D eigenvalue weighted by Crippen LogP contribution is -2.35. The van der Waals surface area contributed by atoms with Crippen molar-refractivity contribution in [2.75, 3.05) is 14.2 Å². The number of rotatable bonds is 4. The molecule has 0 spiro atoms. The highest BCUT2D eigenvalue weighted by atomic mass is 35.5. The molecule has 0 radical (unpaired) electrons. The molecule has 2 aliphatic heterocycles. The van der Waals surface area contributed by atoms with E-state index < -0.39 is 6.04 Å². The van der Waals surface area contributed by atoms with E-state index in [1.54, 1.807) is 31.2 Å². The Kier molecular flexibility index (Phi) is 6.59. The molecule has 0 bridgehead atoms. The van der Waals surface area contributed by atoms with Crippen molar-refractivity contribution in [1.82, 2.24) is 15.6 Å². The van der Waals surface area contributed by atoms with Crippen LogP contribution in [0.3, 0.4) is 0 Å². The molecule has 2 unspecified atom stereocenters. The van der Waals surface area contributed by atoms with E-state index in [1.807, 2.05) is 6.07 Å². The molecule has 10 heteroatoms. The van der Waals surface area contributed by atoms with E-state index in [1.165, 1.54) is 18.0 Å². The maximum atomic E-state index is 13.2. The fourth-order valence-electron chi connectivity index (χ4n) is 3.34. The molecule has 3 aliphatic rings. The first kappa shape index (κ1) is 22.1. The molecule has 1 aliphatic carbocycles. The van der Waals surface area contributed by atoms with Crippen molar-refractivity contribution in [2.45, 2.75) is 30.7 Å². The van der Waals surface area contributed by atoms with Crippen LogP contribution in [0.2, 0.25) is 0 Å². The highest BCUT2D eigenvalue weighted by Gasteiger charge is 2.32. The van der Waals surface area contributed by atoms with E-state index in [0.717, 1.165) is 18.4 Å². The van der Waals surface area contributed by atoms with Crippen LogP contribution in [0, 0.1) is 29.1 Å². The Hall–Kier alpha value is -3.14. The number of likely N-dealkylation sites (N-methyl/N-ethyl adjacent to an activating group) is 1.